The summed E-state index contributed by atoms with van der Waals surface area (Å²) in [7, 11) is 0. The topological polar surface area (TPSA) is 72.4 Å². The van der Waals surface area contributed by atoms with Gasteiger partial charge >= 0.3 is 11.7 Å². The molecule has 1 heterocycles. The zero-order valence-electron chi connectivity index (χ0n) is 7.38. The Bertz CT molecular complexity index is 571. The number of oxazole rings is 1. The first-order valence-electron chi connectivity index (χ1n) is 4.08. The molecule has 0 aliphatic rings. The molecule has 1 atom stereocenters. The zero-order chi connectivity index (χ0) is 11.0. The molecule has 0 saturated heterocycles. The highest BCUT2D eigenvalue weighted by atomic mass is 19.1. The van der Waals surface area contributed by atoms with E-state index in [0.717, 1.165) is 0 Å². The van der Waals surface area contributed by atoms with Gasteiger partial charge in [0.15, 0.2) is 5.58 Å². The third kappa shape index (κ3) is 1.39. The maximum atomic E-state index is 13.2. The summed E-state index contributed by atoms with van der Waals surface area (Å²) in [6.45, 7) is 0. The van der Waals surface area contributed by atoms with Crippen molar-refractivity contribution in [3.63, 3.8) is 0 Å². The van der Waals surface area contributed by atoms with Crippen LogP contribution in [-0.4, -0.2) is 15.6 Å². The van der Waals surface area contributed by atoms with E-state index in [2.05, 4.69) is 4.42 Å². The molecule has 0 saturated carbocycles. The molecule has 1 aromatic heterocycles. The first-order chi connectivity index (χ1) is 7.11. The fourth-order valence-electron chi connectivity index (χ4n) is 1.31. The monoisotopic (exact) mass is 211 g/mol. The molecule has 2 aromatic rings. The van der Waals surface area contributed by atoms with Crippen molar-refractivity contribution in [2.75, 3.05) is 0 Å². The van der Waals surface area contributed by atoms with Gasteiger partial charge in [0.25, 0.3) is 6.30 Å². The molecule has 0 bridgehead atoms. The number of carboxylic acid groups (broad SMARTS) is 1. The number of hydrogen-bond acceptors (Lipinski definition) is 3. The summed E-state index contributed by atoms with van der Waals surface area (Å²) < 4.78 is 18.3. The lowest BCUT2D eigenvalue weighted by Crippen LogP contribution is -2.23. The van der Waals surface area contributed by atoms with Crippen LogP contribution >= 0.6 is 0 Å². The third-order valence-electron chi connectivity index (χ3n) is 1.95. The highest BCUT2D eigenvalue weighted by Gasteiger charge is 2.23. The smallest absolute Gasteiger partial charge is 0.422 e. The minimum Gasteiger partial charge on any atom is -0.478 e. The van der Waals surface area contributed by atoms with E-state index in [1.54, 1.807) is 12.1 Å². The van der Waals surface area contributed by atoms with E-state index in [1.165, 1.54) is 12.1 Å². The molecule has 1 N–H and O–H groups in total. The van der Waals surface area contributed by atoms with E-state index in [-0.39, 0.29) is 11.1 Å². The van der Waals surface area contributed by atoms with Crippen LogP contribution in [0.4, 0.5) is 4.39 Å². The number of carboxylic acids is 1. The summed E-state index contributed by atoms with van der Waals surface area (Å²) >= 11 is 0. The van der Waals surface area contributed by atoms with Crippen LogP contribution < -0.4 is 5.76 Å². The summed E-state index contributed by atoms with van der Waals surface area (Å²) in [5, 5.41) is 8.46. The van der Waals surface area contributed by atoms with Crippen molar-refractivity contribution in [2.24, 2.45) is 0 Å². The molecule has 5 nitrogen and oxygen atoms in total. The second-order valence-electron chi connectivity index (χ2n) is 2.88. The van der Waals surface area contributed by atoms with Crippen LogP contribution in [0.15, 0.2) is 33.5 Å². The fraction of sp³-hybridized carbons (Fsp3) is 0.111. The summed E-state index contributed by atoms with van der Waals surface area (Å²) in [6.07, 6.45) is -2.43. The summed E-state index contributed by atoms with van der Waals surface area (Å²) in [4.78, 5) is 21.6. The van der Waals surface area contributed by atoms with Gasteiger partial charge < -0.3 is 9.52 Å². The molecule has 15 heavy (non-hydrogen) atoms. The average molecular weight is 211 g/mol. The zero-order valence-corrected chi connectivity index (χ0v) is 7.38. The molecule has 78 valence electrons. The fourth-order valence-corrected chi connectivity index (χ4v) is 1.31. The standard InChI is InChI=1S/C9H6FNO4/c10-7(8(12)13)11-5-3-1-2-4-6(5)15-9(11)14/h1-4,7H,(H,12,13). The molecule has 0 radical (unpaired) electrons. The van der Waals surface area contributed by atoms with Crippen LogP contribution in [0.25, 0.3) is 11.1 Å². The number of fused-ring (bicyclic) bond motifs is 1. The third-order valence-corrected chi connectivity index (χ3v) is 1.95. The number of nitrogens with zero attached hydrogens (tertiary/aromatic N) is 1. The van der Waals surface area contributed by atoms with Gasteiger partial charge in [-0.25, -0.2) is 18.5 Å². The summed E-state index contributed by atoms with van der Waals surface area (Å²) in [5.74, 6) is -2.75. The average Bonchev–Trinajstić information content (AvgIpc) is 2.52. The highest BCUT2D eigenvalue weighted by Crippen LogP contribution is 2.17. The lowest BCUT2D eigenvalue weighted by molar-refractivity contribution is -0.146. The Labute approximate surface area is 82.3 Å². The number of aromatic nitrogens is 1. The van der Waals surface area contributed by atoms with Crippen LogP contribution in [0, 0.1) is 0 Å². The van der Waals surface area contributed by atoms with Crippen LogP contribution in [0.2, 0.25) is 0 Å². The SMILES string of the molecule is O=C(O)C(F)n1c(=O)oc2ccccc21. The number of para-hydroxylation sites is 2. The summed E-state index contributed by atoms with van der Waals surface area (Å²) in [6, 6.07) is 6.03. The predicted molar refractivity (Wildman–Crippen MR) is 48.3 cm³/mol. The van der Waals surface area contributed by atoms with Crippen molar-refractivity contribution in [2.45, 2.75) is 6.30 Å². The van der Waals surface area contributed by atoms with Gasteiger partial charge in [-0.2, -0.15) is 0 Å². The van der Waals surface area contributed by atoms with Crippen molar-refractivity contribution < 1.29 is 18.7 Å². The van der Waals surface area contributed by atoms with Crippen molar-refractivity contribution in [1.82, 2.24) is 4.57 Å². The number of aliphatic carboxylic acids is 1. The number of carbonyl (C=O) groups is 1. The Balaban J connectivity index is 2.74. The van der Waals surface area contributed by atoms with Crippen molar-refractivity contribution >= 4 is 17.1 Å². The Morgan fingerprint density at radius 2 is 2.13 bits per heavy atom. The minimum atomic E-state index is -2.43. The predicted octanol–water partition coefficient (Wildman–Crippen LogP) is 1.15. The van der Waals surface area contributed by atoms with E-state index in [0.29, 0.717) is 4.57 Å². The number of alkyl halides is 1. The van der Waals surface area contributed by atoms with Crippen LogP contribution in [-0.2, 0) is 4.79 Å². The first-order valence-corrected chi connectivity index (χ1v) is 4.08. The van der Waals surface area contributed by atoms with Crippen LogP contribution in [0.1, 0.15) is 6.30 Å². The summed E-state index contributed by atoms with van der Waals surface area (Å²) in [5.41, 5.74) is 0.281. The van der Waals surface area contributed by atoms with Gasteiger partial charge in [-0.3, -0.25) is 0 Å². The van der Waals surface area contributed by atoms with E-state index >= 15 is 0 Å². The maximum Gasteiger partial charge on any atom is 0.422 e. The minimum absolute atomic E-state index is 0.123. The Morgan fingerprint density at radius 1 is 1.47 bits per heavy atom. The van der Waals surface area contributed by atoms with Crippen molar-refractivity contribution in [3.8, 4) is 0 Å². The molecule has 0 fully saturated rings. The molecular formula is C9H6FNO4. The number of rotatable bonds is 2. The van der Waals surface area contributed by atoms with E-state index in [4.69, 9.17) is 5.11 Å². The van der Waals surface area contributed by atoms with Crippen LogP contribution in [0.5, 0.6) is 0 Å². The largest absolute Gasteiger partial charge is 0.478 e. The number of hydrogen-bond donors (Lipinski definition) is 1. The van der Waals surface area contributed by atoms with Gasteiger partial charge in [0.1, 0.15) is 0 Å². The van der Waals surface area contributed by atoms with E-state index in [1.807, 2.05) is 0 Å². The molecule has 0 spiro atoms. The van der Waals surface area contributed by atoms with Gasteiger partial charge in [0.2, 0.25) is 0 Å². The Hall–Kier alpha value is -2.11. The molecule has 2 rings (SSSR count). The maximum absolute atomic E-state index is 13.2. The molecule has 1 unspecified atom stereocenters. The second kappa shape index (κ2) is 3.23. The molecule has 0 aliphatic heterocycles. The molecule has 1 aromatic carbocycles. The van der Waals surface area contributed by atoms with Crippen LogP contribution in [0.3, 0.4) is 0 Å². The number of halogens is 1. The first kappa shape index (κ1) is 9.45. The van der Waals surface area contributed by atoms with Gasteiger partial charge in [0.05, 0.1) is 5.52 Å². The lowest BCUT2D eigenvalue weighted by Gasteiger charge is -2.02. The molecule has 6 heteroatoms. The molecular weight excluding hydrogens is 205 g/mol. The quantitative estimate of drug-likeness (QED) is 0.808. The van der Waals surface area contributed by atoms with Gasteiger partial charge in [-0.15, -0.1) is 0 Å². The number of benzene rings is 1. The van der Waals surface area contributed by atoms with E-state index in [9.17, 15) is 14.0 Å². The van der Waals surface area contributed by atoms with Crippen molar-refractivity contribution in [1.29, 1.82) is 0 Å². The second-order valence-corrected chi connectivity index (χ2v) is 2.88. The van der Waals surface area contributed by atoms with Crippen molar-refractivity contribution in [3.05, 3.63) is 34.8 Å². The Morgan fingerprint density at radius 3 is 2.80 bits per heavy atom. The van der Waals surface area contributed by atoms with Gasteiger partial charge in [-0.05, 0) is 12.1 Å². The lowest BCUT2D eigenvalue weighted by atomic mass is 10.3. The Kier molecular flexibility index (Phi) is 2.03. The van der Waals surface area contributed by atoms with Gasteiger partial charge in [0, 0.05) is 0 Å². The molecule has 0 amide bonds. The molecule has 0 aliphatic carbocycles. The highest BCUT2D eigenvalue weighted by molar-refractivity contribution is 5.77. The van der Waals surface area contributed by atoms with E-state index < -0.39 is 18.0 Å². The van der Waals surface area contributed by atoms with Gasteiger partial charge in [-0.1, -0.05) is 12.1 Å². The normalized spacial score (nSPS) is 12.9.